The third-order valence-electron chi connectivity index (χ3n) is 4.66. The quantitative estimate of drug-likeness (QED) is 0.715. The Morgan fingerprint density at radius 3 is 2.65 bits per heavy atom. The van der Waals surface area contributed by atoms with E-state index in [-0.39, 0.29) is 5.41 Å². The lowest BCUT2D eigenvalue weighted by atomic mass is 9.85. The number of hydrogen-bond donors (Lipinski definition) is 0. The molecular formula is C16H24BrN3. The van der Waals surface area contributed by atoms with Crippen LogP contribution in [0.4, 0.5) is 5.82 Å². The first-order valence-corrected chi connectivity index (χ1v) is 8.56. The first-order valence-electron chi connectivity index (χ1n) is 7.77. The highest BCUT2D eigenvalue weighted by atomic mass is 79.9. The molecule has 0 N–H and O–H groups in total. The lowest BCUT2D eigenvalue weighted by Gasteiger charge is -2.33. The molecule has 20 heavy (non-hydrogen) atoms. The van der Waals surface area contributed by atoms with E-state index in [9.17, 15) is 0 Å². The molecule has 0 spiro atoms. The Labute approximate surface area is 130 Å². The fourth-order valence-corrected chi connectivity index (χ4v) is 3.95. The summed E-state index contributed by atoms with van der Waals surface area (Å²) in [6, 6.07) is 2.80. The van der Waals surface area contributed by atoms with E-state index in [1.54, 1.807) is 0 Å². The molecule has 0 amide bonds. The molecule has 0 aromatic carbocycles. The minimum absolute atomic E-state index is 0.00970. The van der Waals surface area contributed by atoms with E-state index < -0.39 is 0 Å². The van der Waals surface area contributed by atoms with Crippen molar-refractivity contribution in [3.05, 3.63) is 16.5 Å². The van der Waals surface area contributed by atoms with Crippen LogP contribution in [-0.2, 0) is 5.41 Å². The van der Waals surface area contributed by atoms with Crippen molar-refractivity contribution in [3.63, 3.8) is 0 Å². The molecule has 2 heterocycles. The number of rotatable bonds is 1. The second-order valence-electron chi connectivity index (χ2n) is 7.22. The molecule has 3 nitrogen and oxygen atoms in total. The van der Waals surface area contributed by atoms with E-state index in [4.69, 9.17) is 4.98 Å². The normalized spacial score (nSPS) is 26.7. The van der Waals surface area contributed by atoms with Crippen LogP contribution >= 0.6 is 15.9 Å². The van der Waals surface area contributed by atoms with Crippen molar-refractivity contribution in [1.29, 1.82) is 0 Å². The van der Waals surface area contributed by atoms with Gasteiger partial charge in [0.05, 0.1) is 0 Å². The zero-order chi connectivity index (χ0) is 14.3. The van der Waals surface area contributed by atoms with Gasteiger partial charge < -0.3 is 4.90 Å². The molecule has 4 heteroatoms. The molecule has 0 bridgehead atoms. The van der Waals surface area contributed by atoms with Crippen LogP contribution in [0.3, 0.4) is 0 Å². The molecule has 110 valence electrons. The fraction of sp³-hybridized carbons (Fsp3) is 0.750. The highest BCUT2D eigenvalue weighted by Crippen LogP contribution is 2.39. The Balaban J connectivity index is 1.92. The second-order valence-corrected chi connectivity index (χ2v) is 8.03. The van der Waals surface area contributed by atoms with Crippen LogP contribution in [0.2, 0.25) is 0 Å². The summed E-state index contributed by atoms with van der Waals surface area (Å²) in [5.74, 6) is 2.93. The van der Waals surface area contributed by atoms with Gasteiger partial charge in [-0.1, -0.05) is 33.6 Å². The summed E-state index contributed by atoms with van der Waals surface area (Å²) >= 11 is 3.56. The Hall–Kier alpha value is -0.640. The topological polar surface area (TPSA) is 29.0 Å². The molecular weight excluding hydrogens is 314 g/mol. The van der Waals surface area contributed by atoms with Gasteiger partial charge >= 0.3 is 0 Å². The Bertz CT molecular complexity index is 495. The van der Waals surface area contributed by atoms with E-state index in [0.29, 0.717) is 6.04 Å². The van der Waals surface area contributed by atoms with Crippen molar-refractivity contribution in [3.8, 4) is 0 Å². The lowest BCUT2D eigenvalue weighted by Crippen LogP contribution is -2.35. The maximum atomic E-state index is 4.86. The molecule has 2 fully saturated rings. The largest absolute Gasteiger partial charge is 0.353 e. The second kappa shape index (κ2) is 5.28. The van der Waals surface area contributed by atoms with Gasteiger partial charge in [-0.3, -0.25) is 0 Å². The molecule has 1 aliphatic carbocycles. The molecule has 0 radical (unpaired) electrons. The Morgan fingerprint density at radius 1 is 1.15 bits per heavy atom. The van der Waals surface area contributed by atoms with Crippen LogP contribution in [0.1, 0.15) is 58.7 Å². The number of anilines is 1. The van der Waals surface area contributed by atoms with E-state index in [2.05, 4.69) is 52.7 Å². The van der Waals surface area contributed by atoms with Crippen molar-refractivity contribution < 1.29 is 0 Å². The minimum atomic E-state index is -0.00970. The van der Waals surface area contributed by atoms with E-state index in [0.717, 1.165) is 28.7 Å². The lowest BCUT2D eigenvalue weighted by molar-refractivity contribution is 0.341. The molecule has 2 atom stereocenters. The van der Waals surface area contributed by atoms with Crippen molar-refractivity contribution in [2.75, 3.05) is 11.4 Å². The maximum absolute atomic E-state index is 4.86. The van der Waals surface area contributed by atoms with E-state index in [1.807, 2.05) is 0 Å². The molecule has 1 aromatic rings. The molecule has 1 saturated heterocycles. The van der Waals surface area contributed by atoms with Crippen LogP contribution in [-0.4, -0.2) is 22.6 Å². The van der Waals surface area contributed by atoms with E-state index in [1.165, 1.54) is 32.1 Å². The summed E-state index contributed by atoms with van der Waals surface area (Å²) in [6.45, 7) is 7.67. The smallest absolute Gasteiger partial charge is 0.137 e. The predicted octanol–water partition coefficient (Wildman–Crippen LogP) is 4.31. The van der Waals surface area contributed by atoms with Gasteiger partial charge in [-0.25, -0.2) is 9.97 Å². The molecule has 2 aliphatic rings. The zero-order valence-electron chi connectivity index (χ0n) is 12.7. The minimum Gasteiger partial charge on any atom is -0.353 e. The monoisotopic (exact) mass is 337 g/mol. The van der Waals surface area contributed by atoms with Crippen LogP contribution < -0.4 is 4.90 Å². The maximum Gasteiger partial charge on any atom is 0.137 e. The van der Waals surface area contributed by atoms with Crippen LogP contribution in [0.25, 0.3) is 0 Å². The molecule has 3 rings (SSSR count). The summed E-state index contributed by atoms with van der Waals surface area (Å²) in [6.07, 6.45) is 6.85. The van der Waals surface area contributed by atoms with Gasteiger partial charge in [-0.2, -0.15) is 0 Å². The zero-order valence-corrected chi connectivity index (χ0v) is 14.3. The molecule has 1 saturated carbocycles. The summed E-state index contributed by atoms with van der Waals surface area (Å²) in [5, 5.41) is 0. The van der Waals surface area contributed by atoms with Gasteiger partial charge in [0.1, 0.15) is 16.2 Å². The summed E-state index contributed by atoms with van der Waals surface area (Å²) < 4.78 is 0.909. The molecule has 1 aromatic heterocycles. The average Bonchev–Trinajstić information content (AvgIpc) is 2.80. The van der Waals surface area contributed by atoms with Gasteiger partial charge in [0.2, 0.25) is 0 Å². The Kier molecular flexibility index (Phi) is 3.78. The number of hydrogen-bond acceptors (Lipinski definition) is 3. The number of nitrogens with zero attached hydrogens (tertiary/aromatic N) is 3. The summed E-state index contributed by atoms with van der Waals surface area (Å²) in [7, 11) is 0. The number of halogens is 1. The van der Waals surface area contributed by atoms with Crippen molar-refractivity contribution >= 4 is 21.7 Å². The highest BCUT2D eigenvalue weighted by molar-refractivity contribution is 9.10. The first-order chi connectivity index (χ1) is 9.45. The first kappa shape index (κ1) is 14.3. The standard InChI is InChI=1S/C16H24BrN3/c1-16(2,3)15-18-13(17)10-14(19-15)20-9-8-11-6-4-5-7-12(11)20/h10-12H,4-9H2,1-3H3. The van der Waals surface area contributed by atoms with Crippen molar-refractivity contribution in [1.82, 2.24) is 9.97 Å². The van der Waals surface area contributed by atoms with E-state index >= 15 is 0 Å². The molecule has 1 aliphatic heterocycles. The van der Waals surface area contributed by atoms with Crippen LogP contribution in [0.15, 0.2) is 10.7 Å². The van der Waals surface area contributed by atoms with Gasteiger partial charge in [0.15, 0.2) is 0 Å². The Morgan fingerprint density at radius 2 is 1.90 bits per heavy atom. The van der Waals surface area contributed by atoms with Gasteiger partial charge in [0, 0.05) is 24.1 Å². The molecule has 2 unspecified atom stereocenters. The van der Waals surface area contributed by atoms with Crippen LogP contribution in [0, 0.1) is 5.92 Å². The highest BCUT2D eigenvalue weighted by Gasteiger charge is 2.36. The SMILES string of the molecule is CC(C)(C)c1nc(Br)cc(N2CCC3CCCCC32)n1. The van der Waals surface area contributed by atoms with Gasteiger partial charge in [-0.05, 0) is 41.1 Å². The van der Waals surface area contributed by atoms with Gasteiger partial charge in [-0.15, -0.1) is 0 Å². The van der Waals surface area contributed by atoms with Crippen molar-refractivity contribution in [2.24, 2.45) is 5.92 Å². The predicted molar refractivity (Wildman–Crippen MR) is 86.1 cm³/mol. The third kappa shape index (κ3) is 2.72. The van der Waals surface area contributed by atoms with Gasteiger partial charge in [0.25, 0.3) is 0 Å². The van der Waals surface area contributed by atoms with Crippen LogP contribution in [0.5, 0.6) is 0 Å². The summed E-state index contributed by atoms with van der Waals surface area (Å²) in [4.78, 5) is 12.0. The van der Waals surface area contributed by atoms with Crippen molar-refractivity contribution in [2.45, 2.75) is 64.3 Å². The third-order valence-corrected chi connectivity index (χ3v) is 5.06. The fourth-order valence-electron chi connectivity index (χ4n) is 3.58. The summed E-state index contributed by atoms with van der Waals surface area (Å²) in [5.41, 5.74) is -0.00970. The average molecular weight is 338 g/mol. The number of fused-ring (bicyclic) bond motifs is 1. The number of aromatic nitrogens is 2.